The standard InChI is InChI=1S/C19H33N3O3S.C2HF3O2/c1-3-20-14-16-18(8-12-22(13-9-18)26(2,24)25)6-7-19(16,15-20)17(23)21-10-4-5-11-21;3-2(4,5)1(6)7/h16H,3-15H2,1-2H3;(H,6,7)/t16-,19+;/m0./s1. The van der Waals surface area contributed by atoms with Gasteiger partial charge in [0.15, 0.2) is 0 Å². The molecule has 0 aromatic rings. The lowest BCUT2D eigenvalue weighted by Gasteiger charge is -2.44. The van der Waals surface area contributed by atoms with Gasteiger partial charge < -0.3 is 14.9 Å². The number of rotatable bonds is 3. The largest absolute Gasteiger partial charge is 0.490 e. The Morgan fingerprint density at radius 1 is 1.03 bits per heavy atom. The van der Waals surface area contributed by atoms with Crippen LogP contribution in [0.5, 0.6) is 0 Å². The number of likely N-dealkylation sites (tertiary alicyclic amines) is 2. The zero-order valence-corrected chi connectivity index (χ0v) is 20.1. The van der Waals surface area contributed by atoms with Crippen LogP contribution in [-0.4, -0.2) is 97.8 Å². The number of fused-ring (bicyclic) bond motifs is 2. The summed E-state index contributed by atoms with van der Waals surface area (Å²) in [6.45, 7) is 8.19. The lowest BCUT2D eigenvalue weighted by molar-refractivity contribution is -0.192. The average molecular weight is 498 g/mol. The van der Waals surface area contributed by atoms with Crippen LogP contribution in [0.3, 0.4) is 0 Å². The Kier molecular flexibility index (Phi) is 7.41. The van der Waals surface area contributed by atoms with Gasteiger partial charge in [0.05, 0.1) is 11.7 Å². The molecule has 3 heterocycles. The van der Waals surface area contributed by atoms with Crippen molar-refractivity contribution in [2.75, 3.05) is 52.1 Å². The highest BCUT2D eigenvalue weighted by atomic mass is 32.2. The predicted molar refractivity (Wildman–Crippen MR) is 115 cm³/mol. The molecule has 0 radical (unpaired) electrons. The molecule has 2 atom stereocenters. The van der Waals surface area contributed by atoms with E-state index in [0.29, 0.717) is 24.9 Å². The van der Waals surface area contributed by atoms with E-state index in [0.717, 1.165) is 71.2 Å². The molecular weight excluding hydrogens is 463 g/mol. The Bertz CT molecular complexity index is 852. The summed E-state index contributed by atoms with van der Waals surface area (Å²) in [7, 11) is -3.11. The normalized spacial score (nSPS) is 30.2. The Morgan fingerprint density at radius 3 is 2.03 bits per heavy atom. The van der Waals surface area contributed by atoms with E-state index in [9.17, 15) is 26.4 Å². The van der Waals surface area contributed by atoms with Gasteiger partial charge in [-0.25, -0.2) is 17.5 Å². The summed E-state index contributed by atoms with van der Waals surface area (Å²) in [6, 6.07) is 0. The second kappa shape index (κ2) is 9.33. The summed E-state index contributed by atoms with van der Waals surface area (Å²) >= 11 is 0. The highest BCUT2D eigenvalue weighted by Crippen LogP contribution is 2.62. The van der Waals surface area contributed by atoms with Crippen LogP contribution in [0.1, 0.15) is 45.4 Å². The van der Waals surface area contributed by atoms with Crippen molar-refractivity contribution in [1.29, 1.82) is 0 Å². The molecular formula is C21H34F3N3O5S. The van der Waals surface area contributed by atoms with Crippen molar-refractivity contribution in [3.8, 4) is 0 Å². The fourth-order valence-corrected chi connectivity index (χ4v) is 7.19. The van der Waals surface area contributed by atoms with Gasteiger partial charge in [-0.3, -0.25) is 4.79 Å². The molecule has 8 nitrogen and oxygen atoms in total. The van der Waals surface area contributed by atoms with Crippen LogP contribution < -0.4 is 0 Å². The number of alkyl halides is 3. The number of aliphatic carboxylic acids is 1. The Morgan fingerprint density at radius 2 is 1.58 bits per heavy atom. The van der Waals surface area contributed by atoms with Gasteiger partial charge in [0, 0.05) is 39.3 Å². The third-order valence-electron chi connectivity index (χ3n) is 8.12. The van der Waals surface area contributed by atoms with Gasteiger partial charge in [-0.2, -0.15) is 13.2 Å². The molecule has 33 heavy (non-hydrogen) atoms. The second-order valence-corrected chi connectivity index (χ2v) is 11.8. The zero-order valence-electron chi connectivity index (χ0n) is 19.2. The SMILES string of the molecule is CCN1C[C@H]2C3(CCN(S(C)(=O)=O)CC3)CC[C@@]2(C(=O)N2CCCC2)C1.O=C(O)C(F)(F)F. The van der Waals surface area contributed by atoms with Crippen LogP contribution in [0, 0.1) is 16.7 Å². The monoisotopic (exact) mass is 497 g/mol. The summed E-state index contributed by atoms with van der Waals surface area (Å²) in [6.07, 6.45) is 2.41. The lowest BCUT2D eigenvalue weighted by atomic mass is 9.66. The minimum Gasteiger partial charge on any atom is -0.475 e. The second-order valence-electron chi connectivity index (χ2n) is 9.86. The molecule has 0 aromatic heterocycles. The minimum atomic E-state index is -5.08. The van der Waals surface area contributed by atoms with Gasteiger partial charge >= 0.3 is 12.1 Å². The van der Waals surface area contributed by atoms with E-state index in [4.69, 9.17) is 9.90 Å². The highest BCUT2D eigenvalue weighted by molar-refractivity contribution is 7.88. The maximum absolute atomic E-state index is 13.6. The molecule has 0 bridgehead atoms. The number of halogens is 3. The van der Waals surface area contributed by atoms with Crippen molar-refractivity contribution in [2.45, 2.75) is 51.6 Å². The molecule has 1 aliphatic carbocycles. The minimum absolute atomic E-state index is 0.153. The average Bonchev–Trinajstić information content (AvgIpc) is 3.44. The number of carboxylic acid groups (broad SMARTS) is 1. The molecule has 1 saturated carbocycles. The van der Waals surface area contributed by atoms with Crippen molar-refractivity contribution >= 4 is 21.9 Å². The highest BCUT2D eigenvalue weighted by Gasteiger charge is 2.64. The maximum atomic E-state index is 13.6. The van der Waals surface area contributed by atoms with Gasteiger partial charge in [0.2, 0.25) is 15.9 Å². The first-order valence-electron chi connectivity index (χ1n) is 11.5. The lowest BCUT2D eigenvalue weighted by Crippen LogP contribution is -2.50. The third kappa shape index (κ3) is 5.17. The molecule has 0 aromatic carbocycles. The molecule has 3 saturated heterocycles. The van der Waals surface area contributed by atoms with Crippen LogP contribution in [0.4, 0.5) is 13.2 Å². The molecule has 1 N–H and O–H groups in total. The number of carboxylic acids is 1. The van der Waals surface area contributed by atoms with Gasteiger partial charge in [-0.05, 0) is 56.4 Å². The number of hydrogen-bond donors (Lipinski definition) is 1. The van der Waals surface area contributed by atoms with Crippen LogP contribution >= 0.6 is 0 Å². The molecule has 1 spiro atoms. The van der Waals surface area contributed by atoms with Crippen molar-refractivity contribution in [3.05, 3.63) is 0 Å². The van der Waals surface area contributed by atoms with Gasteiger partial charge in [-0.15, -0.1) is 0 Å². The van der Waals surface area contributed by atoms with Gasteiger partial charge in [-0.1, -0.05) is 6.92 Å². The third-order valence-corrected chi connectivity index (χ3v) is 9.42. The number of carbonyl (C=O) groups excluding carboxylic acids is 1. The molecule has 3 aliphatic heterocycles. The Balaban J connectivity index is 0.000000383. The molecule has 0 unspecified atom stereocenters. The van der Waals surface area contributed by atoms with Crippen molar-refractivity contribution < 1.29 is 36.3 Å². The number of nitrogens with zero attached hydrogens (tertiary/aromatic N) is 3. The fraction of sp³-hybridized carbons (Fsp3) is 0.905. The zero-order chi connectivity index (χ0) is 24.7. The quantitative estimate of drug-likeness (QED) is 0.641. The molecule has 4 rings (SSSR count). The molecule has 190 valence electrons. The van der Waals surface area contributed by atoms with E-state index in [2.05, 4.69) is 16.7 Å². The van der Waals surface area contributed by atoms with Gasteiger partial charge in [0.1, 0.15) is 0 Å². The van der Waals surface area contributed by atoms with E-state index >= 15 is 0 Å². The number of carbonyl (C=O) groups is 2. The summed E-state index contributed by atoms with van der Waals surface area (Å²) in [5, 5.41) is 7.12. The smallest absolute Gasteiger partial charge is 0.475 e. The first kappa shape index (κ1) is 26.2. The molecule has 12 heteroatoms. The first-order valence-corrected chi connectivity index (χ1v) is 13.4. The van der Waals surface area contributed by atoms with E-state index in [1.54, 1.807) is 4.31 Å². The van der Waals surface area contributed by atoms with Crippen LogP contribution in [-0.2, 0) is 19.6 Å². The van der Waals surface area contributed by atoms with Crippen molar-refractivity contribution in [2.24, 2.45) is 16.7 Å². The summed E-state index contributed by atoms with van der Waals surface area (Å²) in [5.74, 6) is -1.96. The van der Waals surface area contributed by atoms with Crippen LogP contribution in [0.2, 0.25) is 0 Å². The van der Waals surface area contributed by atoms with Crippen molar-refractivity contribution in [3.63, 3.8) is 0 Å². The summed E-state index contributed by atoms with van der Waals surface area (Å²) < 4.78 is 57.2. The number of sulfonamides is 1. The van der Waals surface area contributed by atoms with E-state index in [-0.39, 0.29) is 10.8 Å². The number of amides is 1. The van der Waals surface area contributed by atoms with Crippen molar-refractivity contribution in [1.82, 2.24) is 14.1 Å². The molecule has 4 aliphatic rings. The Hall–Kier alpha value is -1.40. The van der Waals surface area contributed by atoms with Crippen LogP contribution in [0.15, 0.2) is 0 Å². The summed E-state index contributed by atoms with van der Waals surface area (Å²) in [5.41, 5.74) is -0.0614. The topological polar surface area (TPSA) is 98.2 Å². The fourth-order valence-electron chi connectivity index (χ4n) is 6.35. The maximum Gasteiger partial charge on any atom is 0.490 e. The van der Waals surface area contributed by atoms with E-state index in [1.165, 1.54) is 6.26 Å². The predicted octanol–water partition coefficient (Wildman–Crippen LogP) is 2.02. The number of piperidine rings is 1. The van der Waals surface area contributed by atoms with Crippen LogP contribution in [0.25, 0.3) is 0 Å². The van der Waals surface area contributed by atoms with Gasteiger partial charge in [0.25, 0.3) is 0 Å². The summed E-state index contributed by atoms with van der Waals surface area (Å²) in [4.78, 5) is 27.0. The van der Waals surface area contributed by atoms with E-state index in [1.807, 2.05) is 0 Å². The molecule has 1 amide bonds. The van der Waals surface area contributed by atoms with E-state index < -0.39 is 22.2 Å². The number of hydrogen-bond acceptors (Lipinski definition) is 5. The first-order chi connectivity index (χ1) is 15.2. The Labute approximate surface area is 193 Å². The molecule has 4 fully saturated rings.